The lowest BCUT2D eigenvalue weighted by molar-refractivity contribution is 0.112. The molecule has 0 spiro atoms. The van der Waals surface area contributed by atoms with Crippen LogP contribution in [0.5, 0.6) is 0 Å². The fourth-order valence-corrected chi connectivity index (χ4v) is 2.20. The standard InChI is InChI=1S/C17H15FO/c1-3-16(14-5-4-6-15(18)10-14)17-8-7-13(11-19)9-12(17)2/h3-11H,1-2H3/b16-3-. The van der Waals surface area contributed by atoms with Gasteiger partial charge in [0, 0.05) is 5.56 Å². The predicted octanol–water partition coefficient (Wildman–Crippen LogP) is 4.40. The number of aldehydes is 1. The van der Waals surface area contributed by atoms with Crippen molar-refractivity contribution < 1.29 is 9.18 Å². The largest absolute Gasteiger partial charge is 0.298 e. The van der Waals surface area contributed by atoms with Gasteiger partial charge in [-0.25, -0.2) is 4.39 Å². The first kappa shape index (κ1) is 13.2. The average Bonchev–Trinajstić information content (AvgIpc) is 2.41. The molecule has 2 aromatic rings. The first-order valence-electron chi connectivity index (χ1n) is 6.14. The molecular formula is C17H15FO. The van der Waals surface area contributed by atoms with E-state index in [1.807, 2.05) is 38.1 Å². The summed E-state index contributed by atoms with van der Waals surface area (Å²) in [6, 6.07) is 12.0. The van der Waals surface area contributed by atoms with Gasteiger partial charge in [-0.15, -0.1) is 0 Å². The molecule has 1 nitrogen and oxygen atoms in total. The lowest BCUT2D eigenvalue weighted by atomic mass is 9.93. The molecule has 0 saturated heterocycles. The Morgan fingerprint density at radius 3 is 2.53 bits per heavy atom. The summed E-state index contributed by atoms with van der Waals surface area (Å²) in [5.41, 5.74) is 4.47. The van der Waals surface area contributed by atoms with Crippen LogP contribution in [0.25, 0.3) is 5.57 Å². The van der Waals surface area contributed by atoms with E-state index in [0.717, 1.165) is 28.5 Å². The van der Waals surface area contributed by atoms with Gasteiger partial charge in [-0.3, -0.25) is 4.79 Å². The first-order chi connectivity index (χ1) is 9.15. The molecular weight excluding hydrogens is 239 g/mol. The normalized spacial score (nSPS) is 11.4. The molecule has 0 atom stereocenters. The van der Waals surface area contributed by atoms with Gasteiger partial charge in [0.1, 0.15) is 12.1 Å². The topological polar surface area (TPSA) is 17.1 Å². The molecule has 0 N–H and O–H groups in total. The summed E-state index contributed by atoms with van der Waals surface area (Å²) in [7, 11) is 0. The molecule has 0 radical (unpaired) electrons. The van der Waals surface area contributed by atoms with Crippen LogP contribution >= 0.6 is 0 Å². The third-order valence-corrected chi connectivity index (χ3v) is 3.10. The molecule has 2 rings (SSSR count). The third kappa shape index (κ3) is 2.79. The fourth-order valence-electron chi connectivity index (χ4n) is 2.20. The van der Waals surface area contributed by atoms with Crippen LogP contribution in [-0.4, -0.2) is 6.29 Å². The zero-order chi connectivity index (χ0) is 13.8. The molecule has 0 bridgehead atoms. The van der Waals surface area contributed by atoms with Crippen molar-refractivity contribution in [2.24, 2.45) is 0 Å². The summed E-state index contributed by atoms with van der Waals surface area (Å²) in [5.74, 6) is -0.251. The van der Waals surface area contributed by atoms with E-state index in [4.69, 9.17) is 0 Å². The molecule has 0 heterocycles. The number of hydrogen-bond acceptors (Lipinski definition) is 1. The lowest BCUT2D eigenvalue weighted by Crippen LogP contribution is -1.94. The van der Waals surface area contributed by atoms with Crippen molar-refractivity contribution in [1.82, 2.24) is 0 Å². The van der Waals surface area contributed by atoms with E-state index in [1.54, 1.807) is 12.1 Å². The minimum absolute atomic E-state index is 0.251. The number of hydrogen-bond donors (Lipinski definition) is 0. The van der Waals surface area contributed by atoms with Crippen LogP contribution in [0.3, 0.4) is 0 Å². The molecule has 96 valence electrons. The van der Waals surface area contributed by atoms with Gasteiger partial charge in [-0.2, -0.15) is 0 Å². The monoisotopic (exact) mass is 254 g/mol. The van der Waals surface area contributed by atoms with Gasteiger partial charge in [0.15, 0.2) is 0 Å². The molecule has 0 aliphatic rings. The molecule has 0 fully saturated rings. The van der Waals surface area contributed by atoms with Crippen molar-refractivity contribution in [2.45, 2.75) is 13.8 Å². The number of aryl methyl sites for hydroxylation is 1. The Kier molecular flexibility index (Phi) is 3.91. The van der Waals surface area contributed by atoms with Crippen molar-refractivity contribution in [2.75, 3.05) is 0 Å². The Morgan fingerprint density at radius 2 is 1.95 bits per heavy atom. The van der Waals surface area contributed by atoms with E-state index in [1.165, 1.54) is 12.1 Å². The van der Waals surface area contributed by atoms with Gasteiger partial charge in [-0.1, -0.05) is 30.3 Å². The van der Waals surface area contributed by atoms with E-state index in [2.05, 4.69) is 0 Å². The van der Waals surface area contributed by atoms with Crippen molar-refractivity contribution in [3.8, 4) is 0 Å². The zero-order valence-corrected chi connectivity index (χ0v) is 11.0. The van der Waals surface area contributed by atoms with E-state index >= 15 is 0 Å². The Bertz CT molecular complexity index is 641. The van der Waals surface area contributed by atoms with Gasteiger partial charge in [-0.05, 0) is 54.3 Å². The van der Waals surface area contributed by atoms with Gasteiger partial charge in [0.2, 0.25) is 0 Å². The molecule has 0 aromatic heterocycles. The maximum absolute atomic E-state index is 13.3. The van der Waals surface area contributed by atoms with Crippen LogP contribution in [-0.2, 0) is 0 Å². The molecule has 2 aromatic carbocycles. The quantitative estimate of drug-likeness (QED) is 0.742. The highest BCUT2D eigenvalue weighted by Gasteiger charge is 2.08. The lowest BCUT2D eigenvalue weighted by Gasteiger charge is -2.11. The van der Waals surface area contributed by atoms with Crippen LogP contribution < -0.4 is 0 Å². The number of rotatable bonds is 3. The molecule has 0 aliphatic heterocycles. The molecule has 0 unspecified atom stereocenters. The van der Waals surface area contributed by atoms with Gasteiger partial charge >= 0.3 is 0 Å². The second-order valence-corrected chi connectivity index (χ2v) is 4.40. The first-order valence-corrected chi connectivity index (χ1v) is 6.14. The van der Waals surface area contributed by atoms with E-state index in [-0.39, 0.29) is 5.82 Å². The minimum atomic E-state index is -0.251. The Morgan fingerprint density at radius 1 is 1.16 bits per heavy atom. The number of allylic oxidation sites excluding steroid dienone is 1. The van der Waals surface area contributed by atoms with E-state index < -0.39 is 0 Å². The number of carbonyl (C=O) groups is 1. The molecule has 0 aliphatic carbocycles. The van der Waals surface area contributed by atoms with E-state index in [9.17, 15) is 9.18 Å². The third-order valence-electron chi connectivity index (χ3n) is 3.10. The summed E-state index contributed by atoms with van der Waals surface area (Å²) in [5, 5.41) is 0. The van der Waals surface area contributed by atoms with Crippen molar-refractivity contribution in [3.63, 3.8) is 0 Å². The highest BCUT2D eigenvalue weighted by Crippen LogP contribution is 2.27. The van der Waals surface area contributed by atoms with Crippen molar-refractivity contribution >= 4 is 11.9 Å². The second kappa shape index (κ2) is 5.61. The SMILES string of the molecule is C/C=C(/c1cccc(F)c1)c1ccc(C=O)cc1C. The van der Waals surface area contributed by atoms with Crippen LogP contribution in [0, 0.1) is 12.7 Å². The predicted molar refractivity (Wildman–Crippen MR) is 75.7 cm³/mol. The van der Waals surface area contributed by atoms with Crippen LogP contribution in [0.2, 0.25) is 0 Å². The number of halogens is 1. The van der Waals surface area contributed by atoms with Crippen LogP contribution in [0.1, 0.15) is 34.0 Å². The van der Waals surface area contributed by atoms with Crippen LogP contribution in [0.15, 0.2) is 48.5 Å². The number of benzene rings is 2. The van der Waals surface area contributed by atoms with Gasteiger partial charge in [0.05, 0.1) is 0 Å². The molecule has 0 saturated carbocycles. The maximum Gasteiger partial charge on any atom is 0.150 e. The average molecular weight is 254 g/mol. The highest BCUT2D eigenvalue weighted by atomic mass is 19.1. The second-order valence-electron chi connectivity index (χ2n) is 4.40. The Balaban J connectivity index is 2.52. The van der Waals surface area contributed by atoms with Gasteiger partial charge in [0.25, 0.3) is 0 Å². The molecule has 19 heavy (non-hydrogen) atoms. The Labute approximate surface area is 112 Å². The maximum atomic E-state index is 13.3. The zero-order valence-electron chi connectivity index (χ0n) is 11.0. The summed E-state index contributed by atoms with van der Waals surface area (Å²) in [6.07, 6.45) is 2.78. The van der Waals surface area contributed by atoms with Crippen molar-refractivity contribution in [1.29, 1.82) is 0 Å². The minimum Gasteiger partial charge on any atom is -0.298 e. The van der Waals surface area contributed by atoms with Gasteiger partial charge < -0.3 is 0 Å². The summed E-state index contributed by atoms with van der Waals surface area (Å²) < 4.78 is 13.3. The van der Waals surface area contributed by atoms with Crippen LogP contribution in [0.4, 0.5) is 4.39 Å². The number of carbonyl (C=O) groups excluding carboxylic acids is 1. The molecule has 2 heteroatoms. The smallest absolute Gasteiger partial charge is 0.150 e. The summed E-state index contributed by atoms with van der Waals surface area (Å²) >= 11 is 0. The Hall–Kier alpha value is -2.22. The fraction of sp³-hybridized carbons (Fsp3) is 0.118. The highest BCUT2D eigenvalue weighted by molar-refractivity contribution is 5.83. The summed E-state index contributed by atoms with van der Waals surface area (Å²) in [4.78, 5) is 10.8. The van der Waals surface area contributed by atoms with Crippen molar-refractivity contribution in [3.05, 3.63) is 76.6 Å². The van der Waals surface area contributed by atoms with E-state index in [0.29, 0.717) is 5.56 Å². The molecule has 0 amide bonds. The summed E-state index contributed by atoms with van der Waals surface area (Å²) in [6.45, 7) is 3.87.